The zero-order chi connectivity index (χ0) is 35.7. The van der Waals surface area contributed by atoms with Crippen LogP contribution in [0.1, 0.15) is 54.2 Å². The Morgan fingerprint density at radius 3 is 2.10 bits per heavy atom. The smallest absolute Gasteiger partial charge is 0.407 e. The van der Waals surface area contributed by atoms with E-state index < -0.39 is 47.6 Å². The van der Waals surface area contributed by atoms with Gasteiger partial charge in [0.2, 0.25) is 5.91 Å². The van der Waals surface area contributed by atoms with Gasteiger partial charge >= 0.3 is 6.09 Å². The molecular weight excluding hydrogens is 620 g/mol. The van der Waals surface area contributed by atoms with E-state index in [1.807, 2.05) is 72.8 Å². The molecule has 3 aromatic carbocycles. The molecule has 4 atom stereocenters. The van der Waals surface area contributed by atoms with Crippen LogP contribution in [0.3, 0.4) is 0 Å². The van der Waals surface area contributed by atoms with E-state index in [1.165, 1.54) is 13.1 Å². The van der Waals surface area contributed by atoms with E-state index >= 15 is 0 Å². The lowest BCUT2D eigenvalue weighted by atomic mass is 9.84. The second-order valence-electron chi connectivity index (χ2n) is 13.5. The van der Waals surface area contributed by atoms with E-state index in [1.54, 1.807) is 46.0 Å². The summed E-state index contributed by atoms with van der Waals surface area (Å²) >= 11 is 0. The highest BCUT2D eigenvalue weighted by Crippen LogP contribution is 2.26. The lowest BCUT2D eigenvalue weighted by molar-refractivity contribution is -0.129. The summed E-state index contributed by atoms with van der Waals surface area (Å²) in [6.45, 7) is 7.04. The van der Waals surface area contributed by atoms with Crippen molar-refractivity contribution in [2.45, 2.75) is 71.2 Å². The summed E-state index contributed by atoms with van der Waals surface area (Å²) in [5, 5.41) is 37.8. The number of nitrogens with one attached hydrogen (secondary N) is 2. The number of nitrogens with zero attached hydrogens (tertiary/aromatic N) is 2. The molecule has 258 valence electrons. The van der Waals surface area contributed by atoms with Crippen LogP contribution in [0.5, 0.6) is 5.75 Å². The Labute approximate surface area is 287 Å². The van der Waals surface area contributed by atoms with Crippen LogP contribution in [-0.2, 0) is 17.6 Å². The van der Waals surface area contributed by atoms with Gasteiger partial charge in [-0.15, -0.1) is 0 Å². The Morgan fingerprint density at radius 2 is 1.49 bits per heavy atom. The maximum absolute atomic E-state index is 13.9. The SMILES string of the molecule is Cc1c(O)cccc1C(=O)N[C@@H](Cc1ccccc1)[C@@H](O)C[C@H](Cc1ccc(-c2ccccn2)cc1)NC(=O)[C@@H](N(C)C(=O)O)C(C)(C)C. The summed E-state index contributed by atoms with van der Waals surface area (Å²) in [5.74, 6) is -0.946. The van der Waals surface area contributed by atoms with Crippen molar-refractivity contribution in [2.75, 3.05) is 7.05 Å². The van der Waals surface area contributed by atoms with E-state index in [0.717, 1.165) is 27.3 Å². The molecule has 0 saturated heterocycles. The highest BCUT2D eigenvalue weighted by Gasteiger charge is 2.38. The second kappa shape index (κ2) is 16.3. The zero-order valence-electron chi connectivity index (χ0n) is 28.6. The number of hydrogen-bond acceptors (Lipinski definition) is 6. The molecule has 0 spiro atoms. The van der Waals surface area contributed by atoms with Crippen LogP contribution in [0.4, 0.5) is 4.79 Å². The molecular formula is C39H46N4O6. The van der Waals surface area contributed by atoms with Gasteiger partial charge in [-0.2, -0.15) is 0 Å². The average molecular weight is 667 g/mol. The Bertz CT molecular complexity index is 1710. The number of carbonyl (C=O) groups excluding carboxylic acids is 2. The predicted octanol–water partition coefficient (Wildman–Crippen LogP) is 5.61. The molecule has 0 fully saturated rings. The van der Waals surface area contributed by atoms with Gasteiger partial charge in [-0.1, -0.05) is 87.5 Å². The fourth-order valence-corrected chi connectivity index (χ4v) is 6.09. The topological polar surface area (TPSA) is 152 Å². The van der Waals surface area contributed by atoms with E-state index in [-0.39, 0.29) is 17.7 Å². The van der Waals surface area contributed by atoms with E-state index in [0.29, 0.717) is 18.4 Å². The number of benzene rings is 3. The summed E-state index contributed by atoms with van der Waals surface area (Å²) < 4.78 is 0. The molecule has 0 bridgehead atoms. The summed E-state index contributed by atoms with van der Waals surface area (Å²) in [5.41, 5.74) is 3.49. The molecule has 49 heavy (non-hydrogen) atoms. The molecule has 3 amide bonds. The fourth-order valence-electron chi connectivity index (χ4n) is 6.09. The maximum Gasteiger partial charge on any atom is 0.407 e. The Morgan fingerprint density at radius 1 is 0.837 bits per heavy atom. The van der Waals surface area contributed by atoms with Gasteiger partial charge in [0.25, 0.3) is 5.91 Å². The minimum absolute atomic E-state index is 0.00983. The minimum atomic E-state index is -1.23. The molecule has 0 aliphatic carbocycles. The van der Waals surface area contributed by atoms with Crippen molar-refractivity contribution in [1.29, 1.82) is 0 Å². The zero-order valence-corrected chi connectivity index (χ0v) is 28.6. The molecule has 0 radical (unpaired) electrons. The molecule has 0 aliphatic rings. The van der Waals surface area contributed by atoms with E-state index in [2.05, 4.69) is 15.6 Å². The van der Waals surface area contributed by atoms with Crippen molar-refractivity contribution in [1.82, 2.24) is 20.5 Å². The molecule has 4 rings (SSSR count). The first-order valence-corrected chi connectivity index (χ1v) is 16.3. The van der Waals surface area contributed by atoms with Crippen LogP contribution in [0.2, 0.25) is 0 Å². The maximum atomic E-state index is 13.9. The van der Waals surface area contributed by atoms with Crippen molar-refractivity contribution in [3.8, 4) is 17.0 Å². The van der Waals surface area contributed by atoms with Gasteiger partial charge in [-0.05, 0) is 67.0 Å². The number of likely N-dealkylation sites (N-methyl/N-ethyl adjacent to an activating group) is 1. The number of rotatable bonds is 13. The fraction of sp³-hybridized carbons (Fsp3) is 0.333. The number of phenolic OH excluding ortho intramolecular Hbond substituents is 1. The molecule has 10 nitrogen and oxygen atoms in total. The predicted molar refractivity (Wildman–Crippen MR) is 189 cm³/mol. The first-order chi connectivity index (χ1) is 23.2. The van der Waals surface area contributed by atoms with E-state index in [4.69, 9.17) is 0 Å². The van der Waals surface area contributed by atoms with Crippen molar-refractivity contribution >= 4 is 17.9 Å². The molecule has 10 heteroatoms. The third-order valence-electron chi connectivity index (χ3n) is 8.66. The molecule has 0 aliphatic heterocycles. The average Bonchev–Trinajstić information content (AvgIpc) is 3.06. The van der Waals surface area contributed by atoms with Gasteiger partial charge in [0.05, 0.1) is 17.8 Å². The lowest BCUT2D eigenvalue weighted by Crippen LogP contribution is -2.57. The third kappa shape index (κ3) is 9.90. The van der Waals surface area contributed by atoms with Crippen LogP contribution in [0.15, 0.2) is 97.2 Å². The molecule has 1 heterocycles. The summed E-state index contributed by atoms with van der Waals surface area (Å²) in [4.78, 5) is 44.7. The number of aromatic nitrogens is 1. The lowest BCUT2D eigenvalue weighted by Gasteiger charge is -2.37. The van der Waals surface area contributed by atoms with Gasteiger partial charge in [0, 0.05) is 36.0 Å². The first kappa shape index (κ1) is 36.6. The monoisotopic (exact) mass is 666 g/mol. The largest absolute Gasteiger partial charge is 0.508 e. The standard InChI is InChI=1S/C39H46N4O6/c1-25-30(14-11-16-33(25)44)36(46)42-32(23-26-12-7-6-8-13-26)34(45)24-29(41-37(47)35(39(2,3)4)43(5)38(48)49)22-27-17-19-28(20-18-27)31-15-9-10-21-40-31/h6-21,29,32,34-35,44-45H,22-24H2,1-5H3,(H,41,47)(H,42,46)(H,48,49)/t29-,32-,34-,35+/m0/s1. The summed E-state index contributed by atoms with van der Waals surface area (Å²) in [6, 6.07) is 25.2. The number of aromatic hydroxyl groups is 1. The number of phenols is 1. The van der Waals surface area contributed by atoms with Crippen LogP contribution in [-0.4, -0.2) is 74.4 Å². The van der Waals surface area contributed by atoms with Crippen molar-refractivity contribution in [3.63, 3.8) is 0 Å². The molecule has 0 unspecified atom stereocenters. The number of aliphatic hydroxyl groups is 1. The molecule has 5 N–H and O–H groups in total. The number of pyridine rings is 1. The third-order valence-corrected chi connectivity index (χ3v) is 8.66. The quantitative estimate of drug-likeness (QED) is 0.124. The Hall–Kier alpha value is -5.22. The minimum Gasteiger partial charge on any atom is -0.508 e. The Kier molecular flexibility index (Phi) is 12.1. The van der Waals surface area contributed by atoms with Gasteiger partial charge < -0.3 is 26.0 Å². The number of carbonyl (C=O) groups is 3. The Balaban J connectivity index is 1.64. The number of aliphatic hydroxyl groups excluding tert-OH is 1. The highest BCUT2D eigenvalue weighted by molar-refractivity contribution is 5.96. The van der Waals surface area contributed by atoms with Gasteiger partial charge in [-0.25, -0.2) is 4.79 Å². The van der Waals surface area contributed by atoms with Crippen LogP contribution in [0, 0.1) is 12.3 Å². The van der Waals surface area contributed by atoms with Crippen LogP contribution >= 0.6 is 0 Å². The number of hydrogen-bond donors (Lipinski definition) is 5. The number of carboxylic acid groups (broad SMARTS) is 1. The normalized spacial score (nSPS) is 13.8. The summed E-state index contributed by atoms with van der Waals surface area (Å²) in [7, 11) is 1.37. The molecule has 1 aromatic heterocycles. The van der Waals surface area contributed by atoms with Crippen molar-refractivity contribution in [3.05, 3.63) is 119 Å². The van der Waals surface area contributed by atoms with Crippen molar-refractivity contribution < 1.29 is 29.7 Å². The van der Waals surface area contributed by atoms with Gasteiger partial charge in [0.1, 0.15) is 11.8 Å². The first-order valence-electron chi connectivity index (χ1n) is 16.3. The van der Waals surface area contributed by atoms with Gasteiger partial charge in [-0.3, -0.25) is 19.5 Å². The number of amides is 3. The van der Waals surface area contributed by atoms with Crippen molar-refractivity contribution in [2.24, 2.45) is 5.41 Å². The van der Waals surface area contributed by atoms with Gasteiger partial charge in [0.15, 0.2) is 0 Å². The van der Waals surface area contributed by atoms with Crippen LogP contribution < -0.4 is 10.6 Å². The summed E-state index contributed by atoms with van der Waals surface area (Å²) in [6.07, 6.45) is 0.0593. The molecule has 4 aromatic rings. The van der Waals surface area contributed by atoms with E-state index in [9.17, 15) is 29.7 Å². The van der Waals surface area contributed by atoms with Crippen LogP contribution in [0.25, 0.3) is 11.3 Å². The molecule has 0 saturated carbocycles. The second-order valence-corrected chi connectivity index (χ2v) is 13.5. The highest BCUT2D eigenvalue weighted by atomic mass is 16.4.